The van der Waals surface area contributed by atoms with Crippen molar-refractivity contribution in [2.45, 2.75) is 20.4 Å². The molecule has 0 aliphatic heterocycles. The first-order valence-corrected chi connectivity index (χ1v) is 7.07. The van der Waals surface area contributed by atoms with E-state index in [-0.39, 0.29) is 12.6 Å². The summed E-state index contributed by atoms with van der Waals surface area (Å²) in [6.07, 6.45) is 1.46. The summed E-state index contributed by atoms with van der Waals surface area (Å²) < 4.78 is 6.41. The topological polar surface area (TPSA) is 97.9 Å². The molecule has 3 aromatic rings. The number of carbonyl (C=O) groups is 1. The van der Waals surface area contributed by atoms with Crippen molar-refractivity contribution < 1.29 is 9.32 Å². The first-order chi connectivity index (χ1) is 11.1. The maximum absolute atomic E-state index is 12.1. The standard InChI is InChI=1S/C15H16N6O2/c1-10-17-11(2)21(19-10)14-6-4-3-5-13(14)18-15(22)16-9-12-7-8-23-20-12/h3-8H,9H2,1-2H3,(H2,16,18,22). The number of para-hydroxylation sites is 2. The molecule has 2 N–H and O–H groups in total. The molecule has 0 bridgehead atoms. The largest absolute Gasteiger partial charge is 0.364 e. The lowest BCUT2D eigenvalue weighted by molar-refractivity contribution is 0.251. The van der Waals surface area contributed by atoms with Gasteiger partial charge in [0.2, 0.25) is 0 Å². The molecule has 8 heteroatoms. The van der Waals surface area contributed by atoms with Gasteiger partial charge < -0.3 is 15.2 Å². The quantitative estimate of drug-likeness (QED) is 0.769. The molecule has 2 aromatic heterocycles. The highest BCUT2D eigenvalue weighted by Gasteiger charge is 2.11. The van der Waals surface area contributed by atoms with Crippen LogP contribution in [0.1, 0.15) is 17.3 Å². The van der Waals surface area contributed by atoms with Crippen molar-refractivity contribution in [3.63, 3.8) is 0 Å². The van der Waals surface area contributed by atoms with Gasteiger partial charge in [0.05, 0.1) is 17.9 Å². The Bertz CT molecular complexity index is 809. The van der Waals surface area contributed by atoms with E-state index in [1.54, 1.807) is 10.7 Å². The molecule has 3 rings (SSSR count). The molecule has 0 saturated heterocycles. The summed E-state index contributed by atoms with van der Waals surface area (Å²) in [5, 5.41) is 13.6. The van der Waals surface area contributed by atoms with Crippen LogP contribution in [0.4, 0.5) is 10.5 Å². The molecule has 0 atom stereocenters. The van der Waals surface area contributed by atoms with Crippen molar-refractivity contribution in [1.29, 1.82) is 0 Å². The van der Waals surface area contributed by atoms with Gasteiger partial charge in [-0.2, -0.15) is 5.10 Å². The Balaban J connectivity index is 1.75. The average Bonchev–Trinajstić information content (AvgIpc) is 3.15. The number of aromatic nitrogens is 4. The third-order valence-electron chi connectivity index (χ3n) is 3.18. The van der Waals surface area contributed by atoms with Gasteiger partial charge in [0, 0.05) is 6.07 Å². The van der Waals surface area contributed by atoms with Crippen LogP contribution in [0, 0.1) is 13.8 Å². The van der Waals surface area contributed by atoms with Gasteiger partial charge in [0.15, 0.2) is 0 Å². The highest BCUT2D eigenvalue weighted by atomic mass is 16.5. The van der Waals surface area contributed by atoms with E-state index in [9.17, 15) is 4.79 Å². The van der Waals surface area contributed by atoms with E-state index in [1.165, 1.54) is 6.26 Å². The van der Waals surface area contributed by atoms with Gasteiger partial charge in [0.25, 0.3) is 0 Å². The average molecular weight is 312 g/mol. The molecule has 0 aliphatic carbocycles. The molecule has 0 radical (unpaired) electrons. The molecule has 2 heterocycles. The van der Waals surface area contributed by atoms with E-state index < -0.39 is 0 Å². The third kappa shape index (κ3) is 3.37. The predicted octanol–water partition coefficient (Wildman–Crippen LogP) is 2.19. The second kappa shape index (κ2) is 6.30. The Morgan fingerprint density at radius 3 is 2.78 bits per heavy atom. The molecular weight excluding hydrogens is 296 g/mol. The number of nitrogens with one attached hydrogen (secondary N) is 2. The summed E-state index contributed by atoms with van der Waals surface area (Å²) in [4.78, 5) is 16.3. The molecule has 8 nitrogen and oxygen atoms in total. The van der Waals surface area contributed by atoms with Gasteiger partial charge >= 0.3 is 6.03 Å². The van der Waals surface area contributed by atoms with Crippen LogP contribution in [0.3, 0.4) is 0 Å². The summed E-state index contributed by atoms with van der Waals surface area (Å²) >= 11 is 0. The zero-order valence-electron chi connectivity index (χ0n) is 12.8. The zero-order valence-corrected chi connectivity index (χ0v) is 12.8. The number of nitrogens with zero attached hydrogens (tertiary/aromatic N) is 4. The minimum Gasteiger partial charge on any atom is -0.364 e. The summed E-state index contributed by atoms with van der Waals surface area (Å²) in [5.41, 5.74) is 2.04. The fraction of sp³-hybridized carbons (Fsp3) is 0.200. The van der Waals surface area contributed by atoms with E-state index in [4.69, 9.17) is 4.52 Å². The van der Waals surface area contributed by atoms with Crippen molar-refractivity contribution in [1.82, 2.24) is 25.2 Å². The molecule has 0 spiro atoms. The highest BCUT2D eigenvalue weighted by molar-refractivity contribution is 5.91. The van der Waals surface area contributed by atoms with Crippen LogP contribution in [0.2, 0.25) is 0 Å². The van der Waals surface area contributed by atoms with Crippen LogP contribution in [0.15, 0.2) is 41.1 Å². The van der Waals surface area contributed by atoms with Gasteiger partial charge in [-0.1, -0.05) is 17.3 Å². The first kappa shape index (κ1) is 14.8. The lowest BCUT2D eigenvalue weighted by Gasteiger charge is -2.12. The van der Waals surface area contributed by atoms with Crippen LogP contribution in [-0.2, 0) is 6.54 Å². The SMILES string of the molecule is Cc1nc(C)n(-c2ccccc2NC(=O)NCc2ccon2)n1. The third-order valence-corrected chi connectivity index (χ3v) is 3.18. The maximum atomic E-state index is 12.1. The number of anilines is 1. The maximum Gasteiger partial charge on any atom is 0.319 e. The zero-order chi connectivity index (χ0) is 16.2. The molecule has 0 aliphatic rings. The number of aryl methyl sites for hydroxylation is 2. The van der Waals surface area contributed by atoms with E-state index >= 15 is 0 Å². The number of carbonyl (C=O) groups excluding carboxylic acids is 1. The normalized spacial score (nSPS) is 10.5. The minimum absolute atomic E-state index is 0.284. The van der Waals surface area contributed by atoms with Crippen molar-refractivity contribution >= 4 is 11.7 Å². The van der Waals surface area contributed by atoms with E-state index in [2.05, 4.69) is 25.9 Å². The number of hydrogen-bond acceptors (Lipinski definition) is 5. The Labute approximate surface area is 132 Å². The second-order valence-electron chi connectivity index (χ2n) is 4.93. The molecule has 0 saturated carbocycles. The summed E-state index contributed by atoms with van der Waals surface area (Å²) in [7, 11) is 0. The lowest BCUT2D eigenvalue weighted by Crippen LogP contribution is -2.28. The van der Waals surface area contributed by atoms with Gasteiger partial charge in [0.1, 0.15) is 23.6 Å². The van der Waals surface area contributed by atoms with E-state index in [0.717, 1.165) is 11.5 Å². The van der Waals surface area contributed by atoms with Crippen LogP contribution >= 0.6 is 0 Å². The van der Waals surface area contributed by atoms with E-state index in [0.29, 0.717) is 17.2 Å². The Morgan fingerprint density at radius 1 is 1.26 bits per heavy atom. The Morgan fingerprint density at radius 2 is 2.09 bits per heavy atom. The van der Waals surface area contributed by atoms with Crippen molar-refractivity contribution in [2.75, 3.05) is 5.32 Å². The highest BCUT2D eigenvalue weighted by Crippen LogP contribution is 2.20. The van der Waals surface area contributed by atoms with Gasteiger partial charge in [-0.05, 0) is 26.0 Å². The van der Waals surface area contributed by atoms with Gasteiger partial charge in [-0.3, -0.25) is 0 Å². The molecule has 118 valence electrons. The predicted molar refractivity (Wildman–Crippen MR) is 83.2 cm³/mol. The van der Waals surface area contributed by atoms with Crippen LogP contribution in [0.5, 0.6) is 0 Å². The lowest BCUT2D eigenvalue weighted by atomic mass is 10.2. The van der Waals surface area contributed by atoms with E-state index in [1.807, 2.05) is 38.1 Å². The summed E-state index contributed by atoms with van der Waals surface area (Å²) in [5.74, 6) is 1.42. The fourth-order valence-corrected chi connectivity index (χ4v) is 2.18. The monoisotopic (exact) mass is 312 g/mol. The summed E-state index contributed by atoms with van der Waals surface area (Å²) in [6, 6.07) is 8.75. The number of urea groups is 1. The molecule has 23 heavy (non-hydrogen) atoms. The molecule has 0 unspecified atom stereocenters. The Kier molecular flexibility index (Phi) is 4.05. The number of hydrogen-bond donors (Lipinski definition) is 2. The number of benzene rings is 1. The molecule has 1 aromatic carbocycles. The number of rotatable bonds is 4. The minimum atomic E-state index is -0.338. The fourth-order valence-electron chi connectivity index (χ4n) is 2.18. The van der Waals surface area contributed by atoms with Crippen molar-refractivity contribution in [3.8, 4) is 5.69 Å². The van der Waals surface area contributed by atoms with Crippen LogP contribution in [-0.4, -0.2) is 26.0 Å². The molecule has 2 amide bonds. The van der Waals surface area contributed by atoms with Gasteiger partial charge in [-0.25, -0.2) is 14.5 Å². The van der Waals surface area contributed by atoms with Crippen LogP contribution in [0.25, 0.3) is 5.69 Å². The first-order valence-electron chi connectivity index (χ1n) is 7.07. The molecular formula is C15H16N6O2. The Hall–Kier alpha value is -3.16. The second-order valence-corrected chi connectivity index (χ2v) is 4.93. The van der Waals surface area contributed by atoms with Crippen molar-refractivity contribution in [3.05, 3.63) is 53.9 Å². The molecule has 0 fully saturated rings. The smallest absolute Gasteiger partial charge is 0.319 e. The summed E-state index contributed by atoms with van der Waals surface area (Å²) in [6.45, 7) is 3.97. The number of amides is 2. The van der Waals surface area contributed by atoms with Gasteiger partial charge in [-0.15, -0.1) is 0 Å². The van der Waals surface area contributed by atoms with Crippen LogP contribution < -0.4 is 10.6 Å². The van der Waals surface area contributed by atoms with Crippen molar-refractivity contribution in [2.24, 2.45) is 0 Å².